The van der Waals surface area contributed by atoms with E-state index in [1.165, 1.54) is 16.7 Å². The first-order valence-electron chi connectivity index (χ1n) is 8.35. The molecule has 124 valence electrons. The second-order valence-electron chi connectivity index (χ2n) is 7.03. The van der Waals surface area contributed by atoms with Gasteiger partial charge in [0, 0.05) is 12.6 Å². The molecule has 4 rings (SSSR count). The Morgan fingerprint density at radius 3 is 2.12 bits per heavy atom. The van der Waals surface area contributed by atoms with E-state index in [9.17, 15) is 14.4 Å². The number of fused-ring (bicyclic) bond motifs is 5. The van der Waals surface area contributed by atoms with E-state index in [0.717, 1.165) is 12.0 Å². The van der Waals surface area contributed by atoms with Gasteiger partial charge in [0.1, 0.15) is 6.67 Å². The van der Waals surface area contributed by atoms with Gasteiger partial charge < -0.3 is 0 Å². The van der Waals surface area contributed by atoms with E-state index in [4.69, 9.17) is 0 Å². The van der Waals surface area contributed by atoms with Crippen LogP contribution in [0.25, 0.3) is 0 Å². The van der Waals surface area contributed by atoms with Crippen molar-refractivity contribution in [3.05, 3.63) is 42.0 Å². The van der Waals surface area contributed by atoms with Crippen molar-refractivity contribution < 1.29 is 14.4 Å². The van der Waals surface area contributed by atoms with Crippen molar-refractivity contribution in [3.63, 3.8) is 0 Å². The van der Waals surface area contributed by atoms with Gasteiger partial charge in [-0.05, 0) is 37.3 Å². The number of amides is 3. The first-order chi connectivity index (χ1) is 11.5. The average molecular weight is 324 g/mol. The Hall–Kier alpha value is -2.43. The molecule has 0 radical (unpaired) electrons. The molecule has 0 N–H and O–H groups in total. The molecule has 1 saturated heterocycles. The number of aryl methyl sites for hydroxylation is 1. The third-order valence-corrected chi connectivity index (χ3v) is 5.57. The molecule has 3 aliphatic rings. The largest absolute Gasteiger partial charge is 0.294 e. The molecule has 0 unspecified atom stereocenters. The van der Waals surface area contributed by atoms with Crippen LogP contribution >= 0.6 is 0 Å². The Bertz CT molecular complexity index is 722. The third kappa shape index (κ3) is 2.11. The first kappa shape index (κ1) is 15.1. The fraction of sp³-hybridized carbons (Fsp3) is 0.421. The molecule has 1 aromatic rings. The molecule has 1 saturated carbocycles. The van der Waals surface area contributed by atoms with Crippen LogP contribution in [0.3, 0.4) is 0 Å². The zero-order valence-electron chi connectivity index (χ0n) is 13.8. The van der Waals surface area contributed by atoms with E-state index in [2.05, 4.69) is 12.2 Å². The maximum Gasteiger partial charge on any atom is 0.235 e. The van der Waals surface area contributed by atoms with E-state index in [1.807, 2.05) is 31.2 Å². The number of likely N-dealkylation sites (tertiary alicyclic amines) is 1. The Morgan fingerprint density at radius 2 is 1.62 bits per heavy atom. The van der Waals surface area contributed by atoms with Crippen LogP contribution in [0.1, 0.15) is 18.9 Å². The summed E-state index contributed by atoms with van der Waals surface area (Å²) in [6.45, 7) is 3.43. The van der Waals surface area contributed by atoms with Crippen LogP contribution in [0.4, 0.5) is 5.69 Å². The summed E-state index contributed by atoms with van der Waals surface area (Å²) < 4.78 is 0. The van der Waals surface area contributed by atoms with Gasteiger partial charge >= 0.3 is 0 Å². The second-order valence-corrected chi connectivity index (χ2v) is 7.03. The quantitative estimate of drug-likeness (QED) is 0.632. The summed E-state index contributed by atoms with van der Waals surface area (Å²) in [5, 5.41) is 0. The van der Waals surface area contributed by atoms with Gasteiger partial charge in [0.25, 0.3) is 0 Å². The van der Waals surface area contributed by atoms with Crippen LogP contribution in [0.2, 0.25) is 0 Å². The van der Waals surface area contributed by atoms with E-state index in [-0.39, 0.29) is 48.1 Å². The molecule has 1 aliphatic heterocycles. The van der Waals surface area contributed by atoms with E-state index < -0.39 is 0 Å². The molecule has 3 amide bonds. The Kier molecular flexibility index (Phi) is 3.34. The third-order valence-electron chi connectivity index (χ3n) is 5.57. The molecule has 2 bridgehead atoms. The lowest BCUT2D eigenvalue weighted by atomic mass is 9.85. The monoisotopic (exact) mass is 324 g/mol. The molecule has 24 heavy (non-hydrogen) atoms. The SMILES string of the molecule is CC(=O)N(CN1C(=O)[C@H]2[C@H](C1=O)[C@H]1C=C[C@@H]2C1)c1ccc(C)cc1. The number of carbonyl (C=O) groups excluding carboxylic acids is 3. The van der Waals surface area contributed by atoms with Gasteiger partial charge in [0.05, 0.1) is 11.8 Å². The number of imide groups is 1. The minimum Gasteiger partial charge on any atom is -0.294 e. The molecule has 1 heterocycles. The van der Waals surface area contributed by atoms with Gasteiger partial charge in [-0.25, -0.2) is 0 Å². The number of allylic oxidation sites excluding steroid dienone is 2. The number of hydrogen-bond donors (Lipinski definition) is 0. The highest BCUT2D eigenvalue weighted by Gasteiger charge is 2.59. The van der Waals surface area contributed by atoms with Gasteiger partial charge in [-0.3, -0.25) is 24.2 Å². The summed E-state index contributed by atoms with van der Waals surface area (Å²) in [6.07, 6.45) is 5.06. The standard InChI is InChI=1S/C19H20N2O3/c1-11-3-7-15(8-4-11)20(12(2)22)10-21-18(23)16-13-5-6-14(9-13)17(16)19(21)24/h3-8,13-14,16-17H,9-10H2,1-2H3/t13-,14+,16-,17-/m1/s1. The van der Waals surface area contributed by atoms with Gasteiger partial charge in [0.15, 0.2) is 0 Å². The zero-order valence-corrected chi connectivity index (χ0v) is 13.8. The number of hydrogen-bond acceptors (Lipinski definition) is 3. The number of anilines is 1. The summed E-state index contributed by atoms with van der Waals surface area (Å²) in [6, 6.07) is 7.51. The smallest absolute Gasteiger partial charge is 0.235 e. The number of benzene rings is 1. The fourth-order valence-corrected chi connectivity index (χ4v) is 4.33. The minimum atomic E-state index is -0.223. The van der Waals surface area contributed by atoms with Gasteiger partial charge in [-0.2, -0.15) is 0 Å². The molecule has 2 aliphatic carbocycles. The van der Waals surface area contributed by atoms with Crippen molar-refractivity contribution in [1.29, 1.82) is 0 Å². The van der Waals surface area contributed by atoms with Crippen LogP contribution in [-0.2, 0) is 14.4 Å². The Morgan fingerprint density at radius 1 is 1.08 bits per heavy atom. The Labute approximate surface area is 140 Å². The lowest BCUT2D eigenvalue weighted by molar-refractivity contribution is -0.140. The van der Waals surface area contributed by atoms with Crippen LogP contribution in [-0.4, -0.2) is 29.3 Å². The van der Waals surface area contributed by atoms with Gasteiger partial charge in [0.2, 0.25) is 17.7 Å². The summed E-state index contributed by atoms with van der Waals surface area (Å²) in [5.41, 5.74) is 1.79. The molecule has 1 aromatic carbocycles. The molecule has 5 nitrogen and oxygen atoms in total. The van der Waals surface area contributed by atoms with Crippen molar-refractivity contribution in [2.24, 2.45) is 23.7 Å². The van der Waals surface area contributed by atoms with Crippen LogP contribution < -0.4 is 4.90 Å². The minimum absolute atomic E-state index is 0.00248. The second kappa shape index (κ2) is 5.30. The average Bonchev–Trinajstić information content (AvgIpc) is 3.22. The van der Waals surface area contributed by atoms with Crippen LogP contribution in [0, 0.1) is 30.6 Å². The molecular formula is C19H20N2O3. The lowest BCUT2D eigenvalue weighted by Gasteiger charge is -2.27. The molecule has 0 spiro atoms. The summed E-state index contributed by atoms with van der Waals surface area (Å²) >= 11 is 0. The topological polar surface area (TPSA) is 57.7 Å². The number of nitrogens with zero attached hydrogens (tertiary/aromatic N) is 2. The summed E-state index contributed by atoms with van der Waals surface area (Å²) in [5.74, 6) is -0.505. The van der Waals surface area contributed by atoms with Crippen LogP contribution in [0.5, 0.6) is 0 Å². The predicted octanol–water partition coefficient (Wildman–Crippen LogP) is 2.11. The maximum absolute atomic E-state index is 12.8. The van der Waals surface area contributed by atoms with Crippen molar-refractivity contribution in [1.82, 2.24) is 4.90 Å². The normalized spacial score (nSPS) is 30.2. The number of carbonyl (C=O) groups is 3. The highest BCUT2D eigenvalue weighted by atomic mass is 16.2. The van der Waals surface area contributed by atoms with Gasteiger partial charge in [-0.1, -0.05) is 29.8 Å². The number of rotatable bonds is 3. The lowest BCUT2D eigenvalue weighted by Crippen LogP contribution is -2.44. The highest BCUT2D eigenvalue weighted by molar-refractivity contribution is 6.07. The molecule has 0 aromatic heterocycles. The molecule has 5 heteroatoms. The molecule has 4 atom stereocenters. The molecule has 2 fully saturated rings. The van der Waals surface area contributed by atoms with Crippen molar-refractivity contribution in [2.45, 2.75) is 20.3 Å². The fourth-order valence-electron chi connectivity index (χ4n) is 4.33. The predicted molar refractivity (Wildman–Crippen MR) is 88.8 cm³/mol. The summed E-state index contributed by atoms with van der Waals surface area (Å²) in [7, 11) is 0. The van der Waals surface area contributed by atoms with E-state index >= 15 is 0 Å². The van der Waals surface area contributed by atoms with Gasteiger partial charge in [-0.15, -0.1) is 0 Å². The van der Waals surface area contributed by atoms with Crippen molar-refractivity contribution in [2.75, 3.05) is 11.6 Å². The summed E-state index contributed by atoms with van der Waals surface area (Å²) in [4.78, 5) is 40.4. The maximum atomic E-state index is 12.8. The highest BCUT2D eigenvalue weighted by Crippen LogP contribution is 2.52. The first-order valence-corrected chi connectivity index (χ1v) is 8.35. The zero-order chi connectivity index (χ0) is 17.0. The van der Waals surface area contributed by atoms with Crippen molar-refractivity contribution >= 4 is 23.4 Å². The Balaban J connectivity index is 1.60. The van der Waals surface area contributed by atoms with E-state index in [1.54, 1.807) is 0 Å². The van der Waals surface area contributed by atoms with E-state index in [0.29, 0.717) is 5.69 Å². The van der Waals surface area contributed by atoms with Crippen molar-refractivity contribution in [3.8, 4) is 0 Å². The molecular weight excluding hydrogens is 304 g/mol. The van der Waals surface area contributed by atoms with Crippen LogP contribution in [0.15, 0.2) is 36.4 Å².